The number of nitro groups is 1. The second-order valence-electron chi connectivity index (χ2n) is 5.52. The summed E-state index contributed by atoms with van der Waals surface area (Å²) in [5.74, 6) is -0.421. The van der Waals surface area contributed by atoms with Crippen LogP contribution in [0.2, 0.25) is 5.02 Å². The first-order chi connectivity index (χ1) is 12.0. The van der Waals surface area contributed by atoms with Crippen LogP contribution in [0.25, 0.3) is 11.1 Å². The van der Waals surface area contributed by atoms with E-state index in [1.807, 2.05) is 19.1 Å². The van der Waals surface area contributed by atoms with Crippen molar-refractivity contribution in [2.45, 2.75) is 6.92 Å². The molecule has 3 rings (SSSR count). The highest BCUT2D eigenvalue weighted by Gasteiger charge is 2.16. The zero-order valence-corrected chi connectivity index (χ0v) is 14.0. The SMILES string of the molecule is Cc1cccc(Nc2ccccc2[N+](=O)[O-])c1-c1ccc(F)cc1Cl. The van der Waals surface area contributed by atoms with Crippen LogP contribution in [0.3, 0.4) is 0 Å². The second-order valence-corrected chi connectivity index (χ2v) is 5.93. The van der Waals surface area contributed by atoms with E-state index in [4.69, 9.17) is 11.6 Å². The van der Waals surface area contributed by atoms with Crippen molar-refractivity contribution in [3.8, 4) is 11.1 Å². The van der Waals surface area contributed by atoms with Gasteiger partial charge < -0.3 is 5.32 Å². The lowest BCUT2D eigenvalue weighted by atomic mass is 9.98. The van der Waals surface area contributed by atoms with Gasteiger partial charge in [0.1, 0.15) is 11.5 Å². The highest BCUT2D eigenvalue weighted by Crippen LogP contribution is 2.38. The predicted molar refractivity (Wildman–Crippen MR) is 98.0 cm³/mol. The fourth-order valence-corrected chi connectivity index (χ4v) is 2.97. The van der Waals surface area contributed by atoms with E-state index in [0.29, 0.717) is 16.9 Å². The zero-order valence-electron chi connectivity index (χ0n) is 13.3. The molecule has 0 spiro atoms. The van der Waals surface area contributed by atoms with E-state index in [1.54, 1.807) is 30.3 Å². The molecule has 0 unspecified atom stereocenters. The highest BCUT2D eigenvalue weighted by molar-refractivity contribution is 6.33. The number of nitrogens with one attached hydrogen (secondary N) is 1. The van der Waals surface area contributed by atoms with E-state index < -0.39 is 10.7 Å². The van der Waals surface area contributed by atoms with Gasteiger partial charge in [-0.3, -0.25) is 10.1 Å². The topological polar surface area (TPSA) is 55.2 Å². The first-order valence-corrected chi connectivity index (χ1v) is 7.90. The molecular formula is C19H14ClFN2O2. The average molecular weight is 357 g/mol. The summed E-state index contributed by atoms with van der Waals surface area (Å²) < 4.78 is 13.4. The Bertz CT molecular complexity index is 960. The summed E-state index contributed by atoms with van der Waals surface area (Å²) >= 11 is 6.22. The molecule has 0 bridgehead atoms. The summed E-state index contributed by atoms with van der Waals surface area (Å²) in [4.78, 5) is 10.8. The van der Waals surface area contributed by atoms with Crippen LogP contribution in [0.4, 0.5) is 21.5 Å². The lowest BCUT2D eigenvalue weighted by Gasteiger charge is -2.16. The van der Waals surface area contributed by atoms with Crippen LogP contribution < -0.4 is 5.32 Å². The molecule has 0 aliphatic carbocycles. The van der Waals surface area contributed by atoms with Crippen LogP contribution in [-0.2, 0) is 0 Å². The molecule has 6 heteroatoms. The third-order valence-corrected chi connectivity index (χ3v) is 4.16. The molecule has 0 radical (unpaired) electrons. The number of benzene rings is 3. The molecule has 0 aliphatic heterocycles. The molecule has 1 N–H and O–H groups in total. The van der Waals surface area contributed by atoms with Crippen LogP contribution in [0, 0.1) is 22.9 Å². The van der Waals surface area contributed by atoms with Crippen molar-refractivity contribution in [1.82, 2.24) is 0 Å². The number of hydrogen-bond donors (Lipinski definition) is 1. The van der Waals surface area contributed by atoms with E-state index in [-0.39, 0.29) is 10.7 Å². The summed E-state index contributed by atoms with van der Waals surface area (Å²) in [5.41, 5.74) is 3.34. The van der Waals surface area contributed by atoms with Gasteiger partial charge in [-0.15, -0.1) is 0 Å². The molecule has 0 amide bonds. The maximum Gasteiger partial charge on any atom is 0.292 e. The minimum atomic E-state index is -0.442. The van der Waals surface area contributed by atoms with Gasteiger partial charge in [-0.2, -0.15) is 0 Å². The van der Waals surface area contributed by atoms with Gasteiger partial charge in [0.2, 0.25) is 0 Å². The number of hydrogen-bond acceptors (Lipinski definition) is 3. The van der Waals surface area contributed by atoms with Gasteiger partial charge >= 0.3 is 0 Å². The highest BCUT2D eigenvalue weighted by atomic mass is 35.5. The van der Waals surface area contributed by atoms with E-state index in [2.05, 4.69) is 5.32 Å². The van der Waals surface area contributed by atoms with Gasteiger partial charge in [0.15, 0.2) is 0 Å². The first kappa shape index (κ1) is 16.9. The molecule has 0 heterocycles. The van der Waals surface area contributed by atoms with Crippen molar-refractivity contribution in [2.24, 2.45) is 0 Å². The van der Waals surface area contributed by atoms with Crippen LogP contribution >= 0.6 is 11.6 Å². The number of rotatable bonds is 4. The van der Waals surface area contributed by atoms with E-state index >= 15 is 0 Å². The van der Waals surface area contributed by atoms with Gasteiger partial charge in [-0.25, -0.2) is 4.39 Å². The Morgan fingerprint density at radius 2 is 1.76 bits per heavy atom. The van der Waals surface area contributed by atoms with Crippen molar-refractivity contribution in [3.05, 3.63) is 87.2 Å². The normalized spacial score (nSPS) is 10.5. The summed E-state index contributed by atoms with van der Waals surface area (Å²) in [5, 5.41) is 14.6. The number of nitrogens with zero attached hydrogens (tertiary/aromatic N) is 1. The number of para-hydroxylation sites is 2. The summed E-state index contributed by atoms with van der Waals surface area (Å²) in [6, 6.07) is 16.1. The van der Waals surface area contributed by atoms with E-state index in [0.717, 1.165) is 11.1 Å². The maximum atomic E-state index is 13.4. The summed E-state index contributed by atoms with van der Waals surface area (Å²) in [7, 11) is 0. The Morgan fingerprint density at radius 1 is 1.04 bits per heavy atom. The molecule has 3 aromatic rings. The monoisotopic (exact) mass is 356 g/mol. The molecule has 0 saturated heterocycles. The number of anilines is 2. The van der Waals surface area contributed by atoms with Gasteiger partial charge in [0, 0.05) is 22.9 Å². The van der Waals surface area contributed by atoms with Gasteiger partial charge in [0.05, 0.1) is 9.95 Å². The molecule has 4 nitrogen and oxygen atoms in total. The van der Waals surface area contributed by atoms with E-state index in [9.17, 15) is 14.5 Å². The molecule has 126 valence electrons. The quantitative estimate of drug-likeness (QED) is 0.453. The van der Waals surface area contributed by atoms with Crippen LogP contribution in [0.15, 0.2) is 60.7 Å². The standard InChI is InChI=1S/C19H14ClFN2O2/c1-12-5-4-7-17(19(12)14-10-9-13(21)11-15(14)20)22-16-6-2-3-8-18(16)23(24)25/h2-11,22H,1H3. The summed E-state index contributed by atoms with van der Waals surface area (Å²) in [6.45, 7) is 1.90. The Hall–Kier alpha value is -2.92. The van der Waals surface area contributed by atoms with Crippen molar-refractivity contribution in [3.63, 3.8) is 0 Å². The van der Waals surface area contributed by atoms with Crippen LogP contribution in [0.1, 0.15) is 5.56 Å². The third-order valence-electron chi connectivity index (χ3n) is 3.84. The molecular weight excluding hydrogens is 343 g/mol. The van der Waals surface area contributed by atoms with Crippen molar-refractivity contribution >= 4 is 28.7 Å². The Morgan fingerprint density at radius 3 is 2.48 bits per heavy atom. The molecule has 0 aliphatic rings. The Kier molecular flexibility index (Phi) is 4.67. The molecule has 25 heavy (non-hydrogen) atoms. The van der Waals surface area contributed by atoms with Crippen molar-refractivity contribution < 1.29 is 9.31 Å². The lowest BCUT2D eigenvalue weighted by Crippen LogP contribution is -1.99. The van der Waals surface area contributed by atoms with Crippen LogP contribution in [-0.4, -0.2) is 4.92 Å². The third kappa shape index (κ3) is 3.46. The molecule has 0 atom stereocenters. The van der Waals surface area contributed by atoms with Crippen LogP contribution in [0.5, 0.6) is 0 Å². The number of halogens is 2. The smallest absolute Gasteiger partial charge is 0.292 e. The molecule has 0 aromatic heterocycles. The average Bonchev–Trinajstić information content (AvgIpc) is 2.56. The van der Waals surface area contributed by atoms with Gasteiger partial charge in [-0.05, 0) is 42.8 Å². The fraction of sp³-hybridized carbons (Fsp3) is 0.0526. The number of nitro benzene ring substituents is 1. The minimum Gasteiger partial charge on any atom is -0.349 e. The fourth-order valence-electron chi connectivity index (χ4n) is 2.71. The van der Waals surface area contributed by atoms with Gasteiger partial charge in [-0.1, -0.05) is 35.9 Å². The Balaban J connectivity index is 2.13. The predicted octanol–water partition coefficient (Wildman–Crippen LogP) is 6.11. The zero-order chi connectivity index (χ0) is 18.0. The van der Waals surface area contributed by atoms with Crippen molar-refractivity contribution in [1.29, 1.82) is 0 Å². The lowest BCUT2D eigenvalue weighted by molar-refractivity contribution is -0.383. The van der Waals surface area contributed by atoms with Gasteiger partial charge in [0.25, 0.3) is 5.69 Å². The second kappa shape index (κ2) is 6.91. The molecule has 0 saturated carbocycles. The molecule has 3 aromatic carbocycles. The largest absolute Gasteiger partial charge is 0.349 e. The molecule has 0 fully saturated rings. The maximum absolute atomic E-state index is 13.4. The first-order valence-electron chi connectivity index (χ1n) is 7.53. The Labute approximate surface area is 149 Å². The summed E-state index contributed by atoms with van der Waals surface area (Å²) in [6.07, 6.45) is 0. The number of aryl methyl sites for hydroxylation is 1. The minimum absolute atomic E-state index is 0.0276. The van der Waals surface area contributed by atoms with E-state index in [1.165, 1.54) is 18.2 Å². The van der Waals surface area contributed by atoms with Crippen molar-refractivity contribution in [2.75, 3.05) is 5.32 Å².